The average Bonchev–Trinajstić information content (AvgIpc) is 2.75. The lowest BCUT2D eigenvalue weighted by atomic mass is 9.89. The molecule has 0 spiro atoms. The van der Waals surface area contributed by atoms with Crippen molar-refractivity contribution in [2.75, 3.05) is 11.9 Å². The second kappa shape index (κ2) is 14.4. The topological polar surface area (TPSA) is 32.3 Å². The van der Waals surface area contributed by atoms with Gasteiger partial charge in [0.15, 0.2) is 0 Å². The molecule has 0 fully saturated rings. The van der Waals surface area contributed by atoms with Crippen molar-refractivity contribution < 1.29 is 5.11 Å². The summed E-state index contributed by atoms with van der Waals surface area (Å²) in [6.45, 7) is 12.0. The van der Waals surface area contributed by atoms with Gasteiger partial charge in [-0.3, -0.25) is 0 Å². The second-order valence-electron chi connectivity index (χ2n) is 10.5. The largest absolute Gasteiger partial charge is 0.396 e. The first kappa shape index (κ1) is 26.5. The van der Waals surface area contributed by atoms with E-state index in [-0.39, 0.29) is 0 Å². The summed E-state index contributed by atoms with van der Waals surface area (Å²) in [5, 5.41) is 12.5. The Bertz CT molecular complexity index is 736. The Kier molecular flexibility index (Phi) is 11.9. The van der Waals surface area contributed by atoms with Crippen LogP contribution >= 0.6 is 0 Å². The Morgan fingerprint density at radius 1 is 0.656 bits per heavy atom. The quantitative estimate of drug-likeness (QED) is 0.293. The van der Waals surface area contributed by atoms with Crippen LogP contribution in [0, 0.1) is 23.7 Å². The van der Waals surface area contributed by atoms with Crippen LogP contribution in [0.1, 0.15) is 84.3 Å². The highest BCUT2D eigenvalue weighted by atomic mass is 16.2. The smallest absolute Gasteiger partial charge is 0.0431 e. The summed E-state index contributed by atoms with van der Waals surface area (Å²) < 4.78 is 0. The van der Waals surface area contributed by atoms with Crippen LogP contribution < -0.4 is 5.32 Å². The molecule has 2 nitrogen and oxygen atoms in total. The first-order valence-electron chi connectivity index (χ1n) is 12.9. The highest BCUT2D eigenvalue weighted by Crippen LogP contribution is 2.24. The molecule has 4 atom stereocenters. The van der Waals surface area contributed by atoms with E-state index in [1.54, 1.807) is 0 Å². The van der Waals surface area contributed by atoms with Crippen molar-refractivity contribution >= 4 is 11.4 Å². The van der Waals surface area contributed by atoms with Gasteiger partial charge in [-0.25, -0.2) is 0 Å². The summed E-state index contributed by atoms with van der Waals surface area (Å²) in [7, 11) is 0. The molecule has 178 valence electrons. The van der Waals surface area contributed by atoms with Gasteiger partial charge in [-0.05, 0) is 97.6 Å². The highest BCUT2D eigenvalue weighted by Gasteiger charge is 2.11. The van der Waals surface area contributed by atoms with Gasteiger partial charge in [-0.1, -0.05) is 71.7 Å². The van der Waals surface area contributed by atoms with Gasteiger partial charge in [0, 0.05) is 18.0 Å². The number of aliphatic hydroxyl groups is 1. The maximum absolute atomic E-state index is 9.00. The van der Waals surface area contributed by atoms with Crippen LogP contribution in [0.2, 0.25) is 0 Å². The minimum atomic E-state index is 0.313. The molecule has 2 N–H and O–H groups in total. The SMILES string of the molecule is CCCC(C)CC(C)Cc1ccc(Nc2ccc(CC(C)CC(C)CCCO)cc2)cc1. The third-order valence-corrected chi connectivity index (χ3v) is 6.61. The number of anilines is 2. The Balaban J connectivity index is 1.80. The molecule has 0 amide bonds. The lowest BCUT2D eigenvalue weighted by Gasteiger charge is -2.17. The van der Waals surface area contributed by atoms with Gasteiger partial charge in [-0.15, -0.1) is 0 Å². The van der Waals surface area contributed by atoms with Gasteiger partial charge in [0.2, 0.25) is 0 Å². The zero-order valence-corrected chi connectivity index (χ0v) is 21.2. The maximum atomic E-state index is 9.00. The van der Waals surface area contributed by atoms with E-state index >= 15 is 0 Å². The van der Waals surface area contributed by atoms with Crippen molar-refractivity contribution in [3.05, 3.63) is 59.7 Å². The summed E-state index contributed by atoms with van der Waals surface area (Å²) in [6.07, 6.45) is 9.51. The molecule has 2 aromatic carbocycles. The molecule has 0 aliphatic heterocycles. The number of nitrogens with one attached hydrogen (secondary N) is 1. The van der Waals surface area contributed by atoms with Crippen LogP contribution in [0.15, 0.2) is 48.5 Å². The van der Waals surface area contributed by atoms with Gasteiger partial charge in [0.05, 0.1) is 0 Å². The molecule has 0 radical (unpaired) electrons. The van der Waals surface area contributed by atoms with Crippen LogP contribution in [-0.2, 0) is 12.8 Å². The molecule has 0 saturated carbocycles. The monoisotopic (exact) mass is 437 g/mol. The second-order valence-corrected chi connectivity index (χ2v) is 10.5. The van der Waals surface area contributed by atoms with E-state index in [1.165, 1.54) is 43.2 Å². The lowest BCUT2D eigenvalue weighted by molar-refractivity contribution is 0.266. The third-order valence-electron chi connectivity index (χ3n) is 6.61. The van der Waals surface area contributed by atoms with Gasteiger partial charge in [-0.2, -0.15) is 0 Å². The first-order chi connectivity index (χ1) is 15.4. The molecule has 4 unspecified atom stereocenters. The molecule has 0 bridgehead atoms. The van der Waals surface area contributed by atoms with Crippen LogP contribution in [0.3, 0.4) is 0 Å². The Labute approximate surface area is 197 Å². The van der Waals surface area contributed by atoms with Crippen molar-refractivity contribution in [2.45, 2.75) is 86.0 Å². The van der Waals surface area contributed by atoms with Gasteiger partial charge in [0.25, 0.3) is 0 Å². The molecular weight excluding hydrogens is 390 g/mol. The molecule has 0 aromatic heterocycles. The number of hydrogen-bond acceptors (Lipinski definition) is 2. The molecule has 0 saturated heterocycles. The fraction of sp³-hybridized carbons (Fsp3) is 0.600. The van der Waals surface area contributed by atoms with Crippen molar-refractivity contribution in [3.63, 3.8) is 0 Å². The fourth-order valence-electron chi connectivity index (χ4n) is 5.13. The van der Waals surface area contributed by atoms with E-state index in [0.717, 1.165) is 42.5 Å². The van der Waals surface area contributed by atoms with Crippen molar-refractivity contribution in [1.29, 1.82) is 0 Å². The van der Waals surface area contributed by atoms with Gasteiger partial charge in [0.1, 0.15) is 0 Å². The Hall–Kier alpha value is -1.80. The predicted octanol–water partition coefficient (Wildman–Crippen LogP) is 8.41. The van der Waals surface area contributed by atoms with Crippen LogP contribution in [0.4, 0.5) is 11.4 Å². The van der Waals surface area contributed by atoms with E-state index in [9.17, 15) is 0 Å². The van der Waals surface area contributed by atoms with Crippen LogP contribution in [-0.4, -0.2) is 11.7 Å². The van der Waals surface area contributed by atoms with E-state index in [4.69, 9.17) is 5.11 Å². The molecule has 2 heteroatoms. The molecule has 0 aliphatic carbocycles. The van der Waals surface area contributed by atoms with E-state index in [2.05, 4.69) is 88.5 Å². The van der Waals surface area contributed by atoms with Crippen LogP contribution in [0.25, 0.3) is 0 Å². The molecule has 32 heavy (non-hydrogen) atoms. The van der Waals surface area contributed by atoms with Gasteiger partial charge >= 0.3 is 0 Å². The number of hydrogen-bond donors (Lipinski definition) is 2. The highest BCUT2D eigenvalue weighted by molar-refractivity contribution is 5.60. The summed E-state index contributed by atoms with van der Waals surface area (Å²) in [4.78, 5) is 0. The van der Waals surface area contributed by atoms with Crippen molar-refractivity contribution in [2.24, 2.45) is 23.7 Å². The maximum Gasteiger partial charge on any atom is 0.0431 e. The first-order valence-corrected chi connectivity index (χ1v) is 12.9. The predicted molar refractivity (Wildman–Crippen MR) is 141 cm³/mol. The van der Waals surface area contributed by atoms with Crippen molar-refractivity contribution in [1.82, 2.24) is 0 Å². The van der Waals surface area contributed by atoms with Crippen molar-refractivity contribution in [3.8, 4) is 0 Å². The standard InChI is InChI=1S/C30H47NO/c1-6-8-23(2)19-25(4)21-27-10-14-29(15-11-27)31-30-16-12-28(13-17-30)22-26(5)20-24(3)9-7-18-32/h10-17,23-26,31-32H,6-9,18-22H2,1-5H3. The molecule has 0 heterocycles. The molecule has 2 aromatic rings. The van der Waals surface area contributed by atoms with Crippen LogP contribution in [0.5, 0.6) is 0 Å². The number of benzene rings is 2. The Morgan fingerprint density at radius 2 is 1.09 bits per heavy atom. The van der Waals surface area contributed by atoms with E-state index < -0.39 is 0 Å². The Morgan fingerprint density at radius 3 is 1.50 bits per heavy atom. The summed E-state index contributed by atoms with van der Waals surface area (Å²) in [6, 6.07) is 17.9. The zero-order chi connectivity index (χ0) is 23.3. The molecular formula is C30H47NO. The third kappa shape index (κ3) is 10.2. The average molecular weight is 438 g/mol. The lowest BCUT2D eigenvalue weighted by Crippen LogP contribution is -2.07. The summed E-state index contributed by atoms with van der Waals surface area (Å²) >= 11 is 0. The normalized spacial score (nSPS) is 15.2. The number of rotatable bonds is 15. The fourth-order valence-corrected chi connectivity index (χ4v) is 5.13. The van der Waals surface area contributed by atoms with Gasteiger partial charge < -0.3 is 10.4 Å². The minimum absolute atomic E-state index is 0.313. The summed E-state index contributed by atoms with van der Waals surface area (Å²) in [5.41, 5.74) is 5.13. The minimum Gasteiger partial charge on any atom is -0.396 e. The molecule has 0 aliphatic rings. The van der Waals surface area contributed by atoms with E-state index in [0.29, 0.717) is 18.4 Å². The molecule has 2 rings (SSSR count). The number of aliphatic hydroxyl groups excluding tert-OH is 1. The summed E-state index contributed by atoms with van der Waals surface area (Å²) in [5.74, 6) is 2.92. The zero-order valence-electron chi connectivity index (χ0n) is 21.2. The van der Waals surface area contributed by atoms with E-state index in [1.807, 2.05) is 0 Å².